The van der Waals surface area contributed by atoms with Crippen LogP contribution in [0.15, 0.2) is 24.3 Å². The van der Waals surface area contributed by atoms with Gasteiger partial charge in [0.1, 0.15) is 5.82 Å². The van der Waals surface area contributed by atoms with E-state index in [-0.39, 0.29) is 0 Å². The Kier molecular flexibility index (Phi) is 4.30. The molecule has 0 radical (unpaired) electrons. The molecule has 0 aliphatic carbocycles. The van der Waals surface area contributed by atoms with Crippen LogP contribution < -0.4 is 5.32 Å². The third kappa shape index (κ3) is 3.30. The van der Waals surface area contributed by atoms with Gasteiger partial charge in [0.2, 0.25) is 0 Å². The van der Waals surface area contributed by atoms with E-state index in [1.807, 2.05) is 0 Å². The molecule has 21 heavy (non-hydrogen) atoms. The van der Waals surface area contributed by atoms with E-state index in [0.29, 0.717) is 0 Å². The maximum absolute atomic E-state index is 4.85. The minimum absolute atomic E-state index is 0.824. The zero-order chi connectivity index (χ0) is 14.7. The third-order valence-electron chi connectivity index (χ3n) is 4.04. The molecule has 1 aliphatic rings. The molecule has 2 heterocycles. The van der Waals surface area contributed by atoms with Gasteiger partial charge in [-0.05, 0) is 37.4 Å². The summed E-state index contributed by atoms with van der Waals surface area (Å²) in [5.41, 5.74) is 6.45. The van der Waals surface area contributed by atoms with Crippen molar-refractivity contribution in [1.82, 2.24) is 15.3 Å². The van der Waals surface area contributed by atoms with E-state index in [0.717, 1.165) is 44.6 Å². The van der Waals surface area contributed by atoms with Crippen LogP contribution in [0.3, 0.4) is 0 Å². The summed E-state index contributed by atoms with van der Waals surface area (Å²) in [5.74, 6) is 0.963. The van der Waals surface area contributed by atoms with Crippen LogP contribution >= 0.6 is 0 Å². The van der Waals surface area contributed by atoms with Gasteiger partial charge in [-0.25, -0.2) is 9.97 Å². The van der Waals surface area contributed by atoms with Crippen LogP contribution in [0.25, 0.3) is 0 Å². The van der Waals surface area contributed by atoms with Crippen LogP contribution in [0.2, 0.25) is 0 Å². The Bertz CT molecular complexity index is 617. The van der Waals surface area contributed by atoms with Crippen LogP contribution in [-0.4, -0.2) is 16.5 Å². The van der Waals surface area contributed by atoms with Gasteiger partial charge in [-0.1, -0.05) is 43.2 Å². The van der Waals surface area contributed by atoms with E-state index in [2.05, 4.69) is 43.4 Å². The number of hydrogen-bond acceptors (Lipinski definition) is 3. The molecule has 0 amide bonds. The molecule has 0 spiro atoms. The molecule has 1 aromatic heterocycles. The highest BCUT2D eigenvalue weighted by molar-refractivity contribution is 5.30. The van der Waals surface area contributed by atoms with Crippen LogP contribution in [0.4, 0.5) is 0 Å². The summed E-state index contributed by atoms with van der Waals surface area (Å²) in [6.45, 7) is 6.26. The lowest BCUT2D eigenvalue weighted by Gasteiger charge is -2.20. The number of benzene rings is 1. The Labute approximate surface area is 126 Å². The number of hydrogen-bond donors (Lipinski definition) is 1. The second-order valence-corrected chi connectivity index (χ2v) is 5.85. The first-order chi connectivity index (χ1) is 10.3. The summed E-state index contributed by atoms with van der Waals surface area (Å²) in [6, 6.07) is 8.66. The zero-order valence-corrected chi connectivity index (χ0v) is 12.9. The van der Waals surface area contributed by atoms with Gasteiger partial charge in [0.05, 0.1) is 5.69 Å². The summed E-state index contributed by atoms with van der Waals surface area (Å²) in [5, 5.41) is 3.42. The Morgan fingerprint density at radius 1 is 1.14 bits per heavy atom. The fourth-order valence-corrected chi connectivity index (χ4v) is 2.90. The highest BCUT2D eigenvalue weighted by atomic mass is 15.0. The van der Waals surface area contributed by atoms with Gasteiger partial charge in [-0.2, -0.15) is 0 Å². The predicted molar refractivity (Wildman–Crippen MR) is 85.4 cm³/mol. The first-order valence-electron chi connectivity index (χ1n) is 7.90. The van der Waals surface area contributed by atoms with E-state index in [9.17, 15) is 0 Å². The molecule has 0 saturated heterocycles. The number of aryl methyl sites for hydroxylation is 2. The minimum atomic E-state index is 0.824. The average molecular weight is 281 g/mol. The second-order valence-electron chi connectivity index (χ2n) is 5.85. The Balaban J connectivity index is 1.91. The lowest BCUT2D eigenvalue weighted by atomic mass is 10.0. The fourth-order valence-electron chi connectivity index (χ4n) is 2.90. The summed E-state index contributed by atoms with van der Waals surface area (Å²) >= 11 is 0. The third-order valence-corrected chi connectivity index (χ3v) is 4.04. The van der Waals surface area contributed by atoms with E-state index in [1.54, 1.807) is 0 Å². The molecule has 1 aliphatic heterocycles. The van der Waals surface area contributed by atoms with Gasteiger partial charge in [0, 0.05) is 18.7 Å². The molecule has 3 nitrogen and oxygen atoms in total. The van der Waals surface area contributed by atoms with E-state index >= 15 is 0 Å². The number of aromatic nitrogens is 2. The van der Waals surface area contributed by atoms with Gasteiger partial charge in [0.25, 0.3) is 0 Å². The summed E-state index contributed by atoms with van der Waals surface area (Å²) in [7, 11) is 0. The van der Waals surface area contributed by atoms with Crippen LogP contribution in [0, 0.1) is 6.92 Å². The van der Waals surface area contributed by atoms with Crippen LogP contribution in [-0.2, 0) is 25.8 Å². The lowest BCUT2D eigenvalue weighted by Crippen LogP contribution is -2.27. The molecule has 0 atom stereocenters. The average Bonchev–Trinajstić information content (AvgIpc) is 2.50. The monoisotopic (exact) mass is 281 g/mol. The quantitative estimate of drug-likeness (QED) is 0.936. The fraction of sp³-hybridized carbons (Fsp3) is 0.444. The Hall–Kier alpha value is -1.74. The highest BCUT2D eigenvalue weighted by Crippen LogP contribution is 2.18. The Morgan fingerprint density at radius 3 is 2.71 bits per heavy atom. The van der Waals surface area contributed by atoms with Crippen molar-refractivity contribution in [2.24, 2.45) is 0 Å². The van der Waals surface area contributed by atoms with Crippen LogP contribution in [0.1, 0.15) is 47.2 Å². The first kappa shape index (κ1) is 14.2. The van der Waals surface area contributed by atoms with Gasteiger partial charge < -0.3 is 5.32 Å². The van der Waals surface area contributed by atoms with E-state index in [4.69, 9.17) is 9.97 Å². The SMILES string of the molecule is CCCc1nc(Cc2ccc(C)cc2)nc2c1CCNC2. The number of fused-ring (bicyclic) bond motifs is 1. The number of nitrogens with zero attached hydrogens (tertiary/aromatic N) is 2. The summed E-state index contributed by atoms with van der Waals surface area (Å²) in [6.07, 6.45) is 4.09. The van der Waals surface area contributed by atoms with Crippen molar-refractivity contribution in [2.75, 3.05) is 6.54 Å². The van der Waals surface area contributed by atoms with Gasteiger partial charge in [-0.15, -0.1) is 0 Å². The second kappa shape index (κ2) is 6.35. The zero-order valence-electron chi connectivity index (χ0n) is 12.9. The van der Waals surface area contributed by atoms with Crippen molar-refractivity contribution in [1.29, 1.82) is 0 Å². The molecule has 1 N–H and O–H groups in total. The number of nitrogens with one attached hydrogen (secondary N) is 1. The molecule has 0 saturated carbocycles. The summed E-state index contributed by atoms with van der Waals surface area (Å²) in [4.78, 5) is 9.65. The lowest BCUT2D eigenvalue weighted by molar-refractivity contribution is 0.607. The Morgan fingerprint density at radius 2 is 1.95 bits per heavy atom. The maximum Gasteiger partial charge on any atom is 0.133 e. The molecular formula is C18H23N3. The molecule has 3 rings (SSSR count). The molecule has 110 valence electrons. The molecule has 0 unspecified atom stereocenters. The van der Waals surface area contributed by atoms with Crippen molar-refractivity contribution in [3.05, 3.63) is 58.2 Å². The van der Waals surface area contributed by atoms with E-state index in [1.165, 1.54) is 28.1 Å². The molecule has 2 aromatic rings. The number of rotatable bonds is 4. The largest absolute Gasteiger partial charge is 0.311 e. The first-order valence-corrected chi connectivity index (χ1v) is 7.90. The van der Waals surface area contributed by atoms with Gasteiger partial charge in [-0.3, -0.25) is 0 Å². The molecule has 0 fully saturated rings. The molecule has 1 aromatic carbocycles. The summed E-state index contributed by atoms with van der Waals surface area (Å²) < 4.78 is 0. The van der Waals surface area contributed by atoms with E-state index < -0.39 is 0 Å². The molecular weight excluding hydrogens is 258 g/mol. The highest BCUT2D eigenvalue weighted by Gasteiger charge is 2.17. The minimum Gasteiger partial charge on any atom is -0.311 e. The standard InChI is InChI=1S/C18H23N3/c1-3-4-16-15-9-10-19-12-17(15)21-18(20-16)11-14-7-5-13(2)6-8-14/h5-8,19H,3-4,9-12H2,1-2H3. The van der Waals surface area contributed by atoms with Crippen molar-refractivity contribution >= 4 is 0 Å². The normalized spacial score (nSPS) is 14.0. The predicted octanol–water partition coefficient (Wildman–Crippen LogP) is 2.97. The van der Waals surface area contributed by atoms with Crippen LogP contribution in [0.5, 0.6) is 0 Å². The molecule has 3 heteroatoms. The molecule has 0 bridgehead atoms. The van der Waals surface area contributed by atoms with Crippen molar-refractivity contribution in [2.45, 2.75) is 46.1 Å². The van der Waals surface area contributed by atoms with Crippen molar-refractivity contribution in [3.8, 4) is 0 Å². The van der Waals surface area contributed by atoms with Gasteiger partial charge in [0.15, 0.2) is 0 Å². The smallest absolute Gasteiger partial charge is 0.133 e. The topological polar surface area (TPSA) is 37.8 Å². The maximum atomic E-state index is 4.85. The van der Waals surface area contributed by atoms with Crippen molar-refractivity contribution < 1.29 is 0 Å². The van der Waals surface area contributed by atoms with Crippen molar-refractivity contribution in [3.63, 3.8) is 0 Å². The van der Waals surface area contributed by atoms with Gasteiger partial charge >= 0.3 is 0 Å².